The van der Waals surface area contributed by atoms with Gasteiger partial charge in [-0.2, -0.15) is 0 Å². The fraction of sp³-hybridized carbons (Fsp3) is 0.412. The highest BCUT2D eigenvalue weighted by Crippen LogP contribution is 2.32. The van der Waals surface area contributed by atoms with Gasteiger partial charge in [-0.15, -0.1) is 0 Å². The van der Waals surface area contributed by atoms with Gasteiger partial charge in [-0.25, -0.2) is 0 Å². The summed E-state index contributed by atoms with van der Waals surface area (Å²) >= 11 is 0. The van der Waals surface area contributed by atoms with Gasteiger partial charge in [0.1, 0.15) is 0 Å². The Kier molecular flexibility index (Phi) is 3.29. The first kappa shape index (κ1) is 12.6. The average Bonchev–Trinajstić information content (AvgIpc) is 2.43. The predicted octanol–water partition coefficient (Wildman–Crippen LogP) is 3.01. The van der Waals surface area contributed by atoms with Gasteiger partial charge < -0.3 is 10.8 Å². The zero-order valence-electron chi connectivity index (χ0n) is 11.2. The molecular weight excluding hydrogens is 234 g/mol. The van der Waals surface area contributed by atoms with E-state index in [0.717, 1.165) is 32.1 Å². The molecular formula is C17H21NO. The molecule has 0 heterocycles. The van der Waals surface area contributed by atoms with Crippen molar-refractivity contribution < 1.29 is 5.11 Å². The van der Waals surface area contributed by atoms with Gasteiger partial charge in [-0.05, 0) is 42.0 Å². The maximum atomic E-state index is 10.7. The van der Waals surface area contributed by atoms with Crippen molar-refractivity contribution in [1.29, 1.82) is 0 Å². The van der Waals surface area contributed by atoms with Gasteiger partial charge in [0, 0.05) is 12.5 Å². The lowest BCUT2D eigenvalue weighted by Gasteiger charge is -2.35. The number of aliphatic hydroxyl groups is 1. The van der Waals surface area contributed by atoms with Crippen LogP contribution in [-0.4, -0.2) is 16.7 Å². The summed E-state index contributed by atoms with van der Waals surface area (Å²) in [5.41, 5.74) is 6.61. The Morgan fingerprint density at radius 1 is 1.05 bits per heavy atom. The Morgan fingerprint density at radius 3 is 2.53 bits per heavy atom. The largest absolute Gasteiger partial charge is 0.390 e. The van der Waals surface area contributed by atoms with E-state index in [-0.39, 0.29) is 6.04 Å². The molecule has 2 aromatic rings. The van der Waals surface area contributed by atoms with Crippen LogP contribution in [0.1, 0.15) is 31.2 Å². The monoisotopic (exact) mass is 255 g/mol. The van der Waals surface area contributed by atoms with E-state index in [9.17, 15) is 5.11 Å². The highest BCUT2D eigenvalue weighted by Gasteiger charge is 2.32. The van der Waals surface area contributed by atoms with Crippen LogP contribution in [0.15, 0.2) is 42.5 Å². The maximum Gasteiger partial charge on any atom is 0.0689 e. The molecule has 0 bridgehead atoms. The van der Waals surface area contributed by atoms with E-state index >= 15 is 0 Å². The van der Waals surface area contributed by atoms with Crippen LogP contribution in [0, 0.1) is 0 Å². The summed E-state index contributed by atoms with van der Waals surface area (Å²) in [5.74, 6) is 0. The van der Waals surface area contributed by atoms with Gasteiger partial charge in [0.2, 0.25) is 0 Å². The molecule has 0 spiro atoms. The Labute approximate surface area is 114 Å². The second kappa shape index (κ2) is 4.95. The molecule has 100 valence electrons. The van der Waals surface area contributed by atoms with Crippen LogP contribution in [0.4, 0.5) is 0 Å². The van der Waals surface area contributed by atoms with Gasteiger partial charge in [-0.1, -0.05) is 42.5 Å². The maximum absolute atomic E-state index is 10.7. The van der Waals surface area contributed by atoms with Gasteiger partial charge in [-0.3, -0.25) is 0 Å². The molecule has 2 aromatic carbocycles. The molecule has 1 fully saturated rings. The Morgan fingerprint density at radius 2 is 1.74 bits per heavy atom. The SMILES string of the molecule is NC1CCC(O)(Cc2cccc3ccccc23)CC1. The van der Waals surface area contributed by atoms with Crippen LogP contribution in [0.5, 0.6) is 0 Å². The van der Waals surface area contributed by atoms with E-state index in [1.807, 2.05) is 0 Å². The number of fused-ring (bicyclic) bond motifs is 1. The lowest BCUT2D eigenvalue weighted by Crippen LogP contribution is -2.40. The van der Waals surface area contributed by atoms with Crippen molar-refractivity contribution in [3.05, 3.63) is 48.0 Å². The molecule has 0 amide bonds. The Bertz CT molecular complexity index is 565. The number of hydrogen-bond acceptors (Lipinski definition) is 2. The normalized spacial score (nSPS) is 27.6. The summed E-state index contributed by atoms with van der Waals surface area (Å²) in [6.07, 6.45) is 4.23. The minimum atomic E-state index is -0.569. The van der Waals surface area contributed by atoms with E-state index in [4.69, 9.17) is 5.73 Å². The number of rotatable bonds is 2. The van der Waals surface area contributed by atoms with Crippen molar-refractivity contribution in [2.24, 2.45) is 5.73 Å². The minimum Gasteiger partial charge on any atom is -0.390 e. The Hall–Kier alpha value is -1.38. The van der Waals surface area contributed by atoms with Gasteiger partial charge in [0.15, 0.2) is 0 Å². The third kappa shape index (κ3) is 2.65. The number of nitrogens with two attached hydrogens (primary N) is 1. The standard InChI is InChI=1S/C17H21NO/c18-15-8-10-17(19,11-9-15)12-14-6-3-5-13-4-1-2-7-16(13)14/h1-7,15,19H,8-12,18H2. The van der Waals surface area contributed by atoms with Crippen molar-refractivity contribution in [1.82, 2.24) is 0 Å². The molecule has 2 nitrogen and oxygen atoms in total. The summed E-state index contributed by atoms with van der Waals surface area (Å²) in [4.78, 5) is 0. The zero-order chi connectivity index (χ0) is 13.3. The molecule has 0 unspecified atom stereocenters. The van der Waals surface area contributed by atoms with Gasteiger partial charge in [0.25, 0.3) is 0 Å². The molecule has 1 aliphatic rings. The summed E-state index contributed by atoms with van der Waals surface area (Å²) in [6, 6.07) is 15.0. The van der Waals surface area contributed by atoms with Crippen molar-refractivity contribution >= 4 is 10.8 Å². The fourth-order valence-electron chi connectivity index (χ4n) is 3.16. The minimum absolute atomic E-state index is 0.271. The first-order valence-corrected chi connectivity index (χ1v) is 7.11. The van der Waals surface area contributed by atoms with Crippen LogP contribution < -0.4 is 5.73 Å². The number of benzene rings is 2. The van der Waals surface area contributed by atoms with Gasteiger partial charge >= 0.3 is 0 Å². The third-order valence-corrected chi connectivity index (χ3v) is 4.36. The zero-order valence-corrected chi connectivity index (χ0v) is 11.2. The van der Waals surface area contributed by atoms with Crippen LogP contribution >= 0.6 is 0 Å². The summed E-state index contributed by atoms with van der Waals surface area (Å²) in [7, 11) is 0. The summed E-state index contributed by atoms with van der Waals surface area (Å²) in [5, 5.41) is 13.3. The van der Waals surface area contributed by atoms with Crippen LogP contribution in [-0.2, 0) is 6.42 Å². The van der Waals surface area contributed by atoms with Crippen molar-refractivity contribution in [2.45, 2.75) is 43.7 Å². The molecule has 19 heavy (non-hydrogen) atoms. The molecule has 0 aliphatic heterocycles. The van der Waals surface area contributed by atoms with E-state index in [0.29, 0.717) is 0 Å². The van der Waals surface area contributed by atoms with E-state index in [1.54, 1.807) is 0 Å². The first-order chi connectivity index (χ1) is 9.16. The van der Waals surface area contributed by atoms with Gasteiger partial charge in [0.05, 0.1) is 5.60 Å². The quantitative estimate of drug-likeness (QED) is 0.866. The molecule has 0 saturated heterocycles. The molecule has 0 atom stereocenters. The fourth-order valence-corrected chi connectivity index (χ4v) is 3.16. The topological polar surface area (TPSA) is 46.2 Å². The van der Waals surface area contributed by atoms with E-state index in [1.165, 1.54) is 16.3 Å². The lowest BCUT2D eigenvalue weighted by molar-refractivity contribution is 0.000487. The number of hydrogen-bond donors (Lipinski definition) is 2. The smallest absolute Gasteiger partial charge is 0.0689 e. The lowest BCUT2D eigenvalue weighted by atomic mass is 9.78. The molecule has 1 saturated carbocycles. The Balaban J connectivity index is 1.89. The molecule has 3 rings (SSSR count). The van der Waals surface area contributed by atoms with Crippen molar-refractivity contribution in [3.8, 4) is 0 Å². The molecule has 1 aliphatic carbocycles. The highest BCUT2D eigenvalue weighted by atomic mass is 16.3. The van der Waals surface area contributed by atoms with Crippen LogP contribution in [0.2, 0.25) is 0 Å². The molecule has 0 radical (unpaired) electrons. The molecule has 0 aromatic heterocycles. The highest BCUT2D eigenvalue weighted by molar-refractivity contribution is 5.85. The second-order valence-corrected chi connectivity index (χ2v) is 5.88. The van der Waals surface area contributed by atoms with E-state index < -0.39 is 5.60 Å². The van der Waals surface area contributed by atoms with Crippen LogP contribution in [0.25, 0.3) is 10.8 Å². The summed E-state index contributed by atoms with van der Waals surface area (Å²) < 4.78 is 0. The average molecular weight is 255 g/mol. The van der Waals surface area contributed by atoms with Crippen LogP contribution in [0.3, 0.4) is 0 Å². The third-order valence-electron chi connectivity index (χ3n) is 4.36. The van der Waals surface area contributed by atoms with Crippen molar-refractivity contribution in [2.75, 3.05) is 0 Å². The second-order valence-electron chi connectivity index (χ2n) is 5.88. The summed E-state index contributed by atoms with van der Waals surface area (Å²) in [6.45, 7) is 0. The first-order valence-electron chi connectivity index (χ1n) is 7.11. The van der Waals surface area contributed by atoms with Crippen molar-refractivity contribution in [3.63, 3.8) is 0 Å². The molecule has 3 N–H and O–H groups in total. The predicted molar refractivity (Wildman–Crippen MR) is 79.0 cm³/mol. The molecule has 2 heteroatoms. The van der Waals surface area contributed by atoms with E-state index in [2.05, 4.69) is 42.5 Å².